The lowest BCUT2D eigenvalue weighted by molar-refractivity contribution is -0.376. The maximum Gasteiger partial charge on any atom is 0.187 e. The number of hydrogen-bond acceptors (Lipinski definition) is 18. The van der Waals surface area contributed by atoms with Gasteiger partial charge < -0.3 is 79.5 Å². The van der Waals surface area contributed by atoms with Crippen molar-refractivity contribution in [3.05, 3.63) is 47.8 Å². The van der Waals surface area contributed by atoms with E-state index in [9.17, 15) is 51.1 Å². The second-order valence-corrected chi connectivity index (χ2v) is 11.5. The van der Waals surface area contributed by atoms with E-state index < -0.39 is 112 Å². The Balaban J connectivity index is 1.29. The van der Waals surface area contributed by atoms with Crippen molar-refractivity contribution in [2.24, 2.45) is 0 Å². The lowest BCUT2D eigenvalue weighted by atomic mass is 9.95. The Morgan fingerprint density at radius 3 is 1.79 bits per heavy atom. The first-order valence-electron chi connectivity index (χ1n) is 15.0. The summed E-state index contributed by atoms with van der Waals surface area (Å²) in [6.07, 6.45) is -23.6. The molecular weight excluding hydrogens is 634 g/mol. The van der Waals surface area contributed by atoms with Gasteiger partial charge in [-0.3, -0.25) is 0 Å². The highest BCUT2D eigenvalue weighted by atomic mass is 16.7. The van der Waals surface area contributed by atoms with Gasteiger partial charge in [0.25, 0.3) is 0 Å². The van der Waals surface area contributed by atoms with Gasteiger partial charge in [-0.15, -0.1) is 5.10 Å². The second-order valence-electron chi connectivity index (χ2n) is 11.5. The van der Waals surface area contributed by atoms with Crippen molar-refractivity contribution in [3.63, 3.8) is 0 Å². The molecule has 0 radical (unpaired) electrons. The number of ether oxygens (including phenoxy) is 6. The molecule has 3 aliphatic heterocycles. The molecule has 3 saturated heterocycles. The standard InChI is InChI=1S/C28H41N3O16/c32-7-14-17(35)20(38)21(39)27(44-14)47-25-19(37)16(9-34)45-28(23(25)41)46-24-18(36)15(8-33)43-26(22(24)40)31-6-13(29-30-31)11-42-10-12-4-2-1-3-5-12/h1-6,14-28,32-41H,7-11H2/t14-,15-,16-,17-,18-,19-,20+,21-,22-,23-,24+,25+,26-,27+,28+/m1/s1. The molecule has 0 unspecified atom stereocenters. The van der Waals surface area contributed by atoms with Crippen molar-refractivity contribution < 1.29 is 79.5 Å². The van der Waals surface area contributed by atoms with Gasteiger partial charge in [0.1, 0.15) is 78.9 Å². The highest BCUT2D eigenvalue weighted by Gasteiger charge is 2.54. The topological polar surface area (TPSA) is 288 Å². The summed E-state index contributed by atoms with van der Waals surface area (Å²) >= 11 is 0. The molecule has 0 bridgehead atoms. The second kappa shape index (κ2) is 16.0. The van der Waals surface area contributed by atoms with Crippen LogP contribution in [-0.2, 0) is 41.6 Å². The largest absolute Gasteiger partial charge is 0.394 e. The highest BCUT2D eigenvalue weighted by molar-refractivity contribution is 5.13. The SMILES string of the molecule is OC[C@H]1O[C@@H](O[C@@H]2[C@@H](O)[C@H](O[C@@H]3[C@@H](O)[C@H](n4cc(COCc5ccccc5)nn4)O[C@H](CO)[C@H]3O)O[C@H](CO)[C@H]2O)[C@H](O)[C@@H](O)[C@@H]1O. The van der Waals surface area contributed by atoms with E-state index in [0.29, 0.717) is 12.3 Å². The molecule has 5 rings (SSSR count). The van der Waals surface area contributed by atoms with E-state index in [0.717, 1.165) is 10.2 Å². The summed E-state index contributed by atoms with van der Waals surface area (Å²) < 4.78 is 34.7. The minimum absolute atomic E-state index is 0.0620. The van der Waals surface area contributed by atoms with Crippen LogP contribution in [0.2, 0.25) is 0 Å². The van der Waals surface area contributed by atoms with E-state index in [1.165, 1.54) is 6.20 Å². The maximum absolute atomic E-state index is 11.3. The molecule has 2 aromatic rings. The number of aliphatic hydroxyl groups is 10. The third-order valence-electron chi connectivity index (χ3n) is 8.27. The lowest BCUT2D eigenvalue weighted by Gasteiger charge is -2.48. The molecule has 264 valence electrons. The molecule has 3 aliphatic rings. The third kappa shape index (κ3) is 7.81. The molecule has 19 heteroatoms. The molecule has 1 aromatic carbocycles. The Kier molecular flexibility index (Phi) is 12.2. The smallest absolute Gasteiger partial charge is 0.187 e. The molecular formula is C28H41N3O16. The Bertz CT molecular complexity index is 1240. The van der Waals surface area contributed by atoms with Crippen molar-refractivity contribution in [1.82, 2.24) is 15.0 Å². The molecule has 15 atom stereocenters. The van der Waals surface area contributed by atoms with Crippen LogP contribution in [0.4, 0.5) is 0 Å². The van der Waals surface area contributed by atoms with Gasteiger partial charge in [0.05, 0.1) is 39.2 Å². The van der Waals surface area contributed by atoms with Crippen LogP contribution in [-0.4, -0.2) is 172 Å². The zero-order chi connectivity index (χ0) is 33.8. The van der Waals surface area contributed by atoms with Crippen LogP contribution < -0.4 is 0 Å². The maximum atomic E-state index is 11.3. The third-order valence-corrected chi connectivity index (χ3v) is 8.27. The molecule has 0 spiro atoms. The fourth-order valence-corrected chi connectivity index (χ4v) is 5.61. The average Bonchev–Trinajstić information content (AvgIpc) is 3.55. The predicted octanol–water partition coefficient (Wildman–Crippen LogP) is -5.38. The zero-order valence-corrected chi connectivity index (χ0v) is 24.9. The number of aliphatic hydroxyl groups excluding tert-OH is 10. The molecule has 19 nitrogen and oxygen atoms in total. The summed E-state index contributed by atoms with van der Waals surface area (Å²) in [5, 5.41) is 112. The average molecular weight is 676 g/mol. The molecule has 0 aliphatic carbocycles. The fraction of sp³-hybridized carbons (Fsp3) is 0.714. The summed E-state index contributed by atoms with van der Waals surface area (Å²) in [4.78, 5) is 0. The van der Waals surface area contributed by atoms with Crippen LogP contribution in [0.3, 0.4) is 0 Å². The van der Waals surface area contributed by atoms with Crippen LogP contribution in [0.5, 0.6) is 0 Å². The first-order chi connectivity index (χ1) is 22.6. The molecule has 1 aromatic heterocycles. The van der Waals surface area contributed by atoms with E-state index >= 15 is 0 Å². The minimum atomic E-state index is -1.94. The summed E-state index contributed by atoms with van der Waals surface area (Å²) in [7, 11) is 0. The Labute approximate surface area is 267 Å². The Morgan fingerprint density at radius 2 is 1.17 bits per heavy atom. The van der Waals surface area contributed by atoms with E-state index in [1.54, 1.807) is 0 Å². The van der Waals surface area contributed by atoms with Gasteiger partial charge in [0, 0.05) is 0 Å². The van der Waals surface area contributed by atoms with E-state index in [1.807, 2.05) is 30.3 Å². The molecule has 0 saturated carbocycles. The van der Waals surface area contributed by atoms with Gasteiger partial charge in [0.15, 0.2) is 18.8 Å². The Morgan fingerprint density at radius 1 is 0.617 bits per heavy atom. The normalized spacial score (nSPS) is 41.2. The van der Waals surface area contributed by atoms with Gasteiger partial charge in [-0.25, -0.2) is 4.68 Å². The van der Waals surface area contributed by atoms with Crippen LogP contribution in [0.1, 0.15) is 17.5 Å². The highest BCUT2D eigenvalue weighted by Crippen LogP contribution is 2.34. The quantitative estimate of drug-likeness (QED) is 0.100. The summed E-state index contributed by atoms with van der Waals surface area (Å²) in [6, 6.07) is 9.41. The first kappa shape index (κ1) is 36.0. The van der Waals surface area contributed by atoms with E-state index in [-0.39, 0.29) is 6.61 Å². The monoisotopic (exact) mass is 675 g/mol. The predicted molar refractivity (Wildman–Crippen MR) is 149 cm³/mol. The molecule has 47 heavy (non-hydrogen) atoms. The van der Waals surface area contributed by atoms with Gasteiger partial charge in [-0.2, -0.15) is 0 Å². The van der Waals surface area contributed by atoms with Crippen molar-refractivity contribution in [2.75, 3.05) is 19.8 Å². The molecule has 3 fully saturated rings. The molecule has 4 heterocycles. The number of aromatic nitrogens is 3. The number of hydrogen-bond donors (Lipinski definition) is 10. The number of rotatable bonds is 12. The van der Waals surface area contributed by atoms with Crippen molar-refractivity contribution in [3.8, 4) is 0 Å². The fourth-order valence-electron chi connectivity index (χ4n) is 5.61. The summed E-state index contributed by atoms with van der Waals surface area (Å²) in [6.45, 7) is -1.95. The minimum Gasteiger partial charge on any atom is -0.394 e. The first-order valence-corrected chi connectivity index (χ1v) is 15.0. The van der Waals surface area contributed by atoms with Gasteiger partial charge in [0.2, 0.25) is 0 Å². The van der Waals surface area contributed by atoms with E-state index in [4.69, 9.17) is 28.4 Å². The van der Waals surface area contributed by atoms with Crippen LogP contribution in [0, 0.1) is 0 Å². The van der Waals surface area contributed by atoms with Crippen molar-refractivity contribution in [2.45, 2.75) is 105 Å². The van der Waals surface area contributed by atoms with Gasteiger partial charge in [-0.05, 0) is 5.56 Å². The zero-order valence-electron chi connectivity index (χ0n) is 24.9. The van der Waals surface area contributed by atoms with Crippen LogP contribution in [0.25, 0.3) is 0 Å². The summed E-state index contributed by atoms with van der Waals surface area (Å²) in [5.41, 5.74) is 1.31. The number of benzene rings is 1. The number of nitrogens with zero attached hydrogens (tertiary/aromatic N) is 3. The van der Waals surface area contributed by atoms with Crippen LogP contribution >= 0.6 is 0 Å². The van der Waals surface area contributed by atoms with Crippen LogP contribution in [0.15, 0.2) is 36.5 Å². The molecule has 0 amide bonds. The van der Waals surface area contributed by atoms with Gasteiger partial charge >= 0.3 is 0 Å². The Hall–Kier alpha value is -2.28. The van der Waals surface area contributed by atoms with E-state index in [2.05, 4.69) is 10.3 Å². The lowest BCUT2D eigenvalue weighted by Crippen LogP contribution is -2.66. The van der Waals surface area contributed by atoms with Crippen molar-refractivity contribution in [1.29, 1.82) is 0 Å². The summed E-state index contributed by atoms with van der Waals surface area (Å²) in [5.74, 6) is 0. The van der Waals surface area contributed by atoms with Crippen molar-refractivity contribution >= 4 is 0 Å². The van der Waals surface area contributed by atoms with Gasteiger partial charge in [-0.1, -0.05) is 35.5 Å². The molecule has 10 N–H and O–H groups in total.